The van der Waals surface area contributed by atoms with Gasteiger partial charge in [0, 0.05) is 11.1 Å². The quantitative estimate of drug-likeness (QED) is 0.737. The molecule has 2 amide bonds. The highest BCUT2D eigenvalue weighted by molar-refractivity contribution is 7.17. The van der Waals surface area contributed by atoms with Gasteiger partial charge in [0.25, 0.3) is 11.8 Å². The average molecular weight is 375 g/mol. The van der Waals surface area contributed by atoms with Crippen molar-refractivity contribution in [2.24, 2.45) is 5.73 Å². The van der Waals surface area contributed by atoms with Gasteiger partial charge in [-0.15, -0.1) is 11.3 Å². The number of thiophene rings is 1. The molecule has 3 aromatic rings. The number of hydrogen-bond donors (Lipinski definition) is 2. The Labute approximate surface area is 152 Å². The SMILES string of the molecule is NC(=O)c1c(NC(=O)c2nn3ccccc3c2Cl)sc2c1CCCC2. The van der Waals surface area contributed by atoms with E-state index in [2.05, 4.69) is 10.4 Å². The summed E-state index contributed by atoms with van der Waals surface area (Å²) < 4.78 is 1.55. The Morgan fingerprint density at radius 1 is 1.28 bits per heavy atom. The van der Waals surface area contributed by atoms with Gasteiger partial charge in [0.05, 0.1) is 16.1 Å². The van der Waals surface area contributed by atoms with Gasteiger partial charge in [-0.3, -0.25) is 9.59 Å². The number of fused-ring (bicyclic) bond motifs is 2. The third kappa shape index (κ3) is 2.69. The van der Waals surface area contributed by atoms with Crippen molar-refractivity contribution in [3.8, 4) is 0 Å². The van der Waals surface area contributed by atoms with Crippen LogP contribution in [0.3, 0.4) is 0 Å². The molecule has 0 fully saturated rings. The number of aromatic nitrogens is 2. The van der Waals surface area contributed by atoms with Crippen molar-refractivity contribution in [2.75, 3.05) is 5.32 Å². The molecule has 0 bridgehead atoms. The first-order chi connectivity index (χ1) is 12.1. The number of nitrogens with one attached hydrogen (secondary N) is 1. The number of halogens is 1. The molecule has 0 atom stereocenters. The summed E-state index contributed by atoms with van der Waals surface area (Å²) in [6.07, 6.45) is 5.55. The summed E-state index contributed by atoms with van der Waals surface area (Å²) in [5.74, 6) is -0.967. The standard InChI is InChI=1S/C17H15ClN4O2S/c18-13-10-6-3-4-8-22(10)21-14(13)16(24)20-17-12(15(19)23)9-5-1-2-7-11(9)25-17/h3-4,6,8H,1-2,5,7H2,(H2,19,23)(H,20,24). The maximum atomic E-state index is 12.7. The lowest BCUT2D eigenvalue weighted by molar-refractivity contribution is 0.100. The lowest BCUT2D eigenvalue weighted by Crippen LogP contribution is -2.19. The molecule has 4 rings (SSSR count). The summed E-state index contributed by atoms with van der Waals surface area (Å²) in [7, 11) is 0. The minimum Gasteiger partial charge on any atom is -0.365 e. The van der Waals surface area contributed by atoms with Crippen molar-refractivity contribution in [3.05, 3.63) is 51.1 Å². The first-order valence-electron chi connectivity index (χ1n) is 7.95. The molecular weight excluding hydrogens is 360 g/mol. The molecule has 3 heterocycles. The summed E-state index contributed by atoms with van der Waals surface area (Å²) in [6.45, 7) is 0. The predicted molar refractivity (Wildman–Crippen MR) is 97.6 cm³/mol. The van der Waals surface area contributed by atoms with Gasteiger partial charge >= 0.3 is 0 Å². The van der Waals surface area contributed by atoms with Crippen LogP contribution in [0.25, 0.3) is 5.52 Å². The zero-order valence-corrected chi connectivity index (χ0v) is 14.8. The number of hydrogen-bond acceptors (Lipinski definition) is 4. The normalized spacial score (nSPS) is 13.6. The fourth-order valence-corrected chi connectivity index (χ4v) is 4.75. The van der Waals surface area contributed by atoms with Crippen LogP contribution in [-0.4, -0.2) is 21.4 Å². The molecule has 3 N–H and O–H groups in total. The van der Waals surface area contributed by atoms with Crippen molar-refractivity contribution in [2.45, 2.75) is 25.7 Å². The molecule has 0 radical (unpaired) electrons. The topological polar surface area (TPSA) is 89.5 Å². The number of nitrogens with two attached hydrogens (primary N) is 1. The molecular formula is C17H15ClN4O2S. The maximum Gasteiger partial charge on any atom is 0.278 e. The van der Waals surface area contributed by atoms with Gasteiger partial charge in [0.15, 0.2) is 5.69 Å². The fraction of sp³-hybridized carbons (Fsp3) is 0.235. The van der Waals surface area contributed by atoms with Crippen molar-refractivity contribution in [1.29, 1.82) is 0 Å². The number of pyridine rings is 1. The van der Waals surface area contributed by atoms with Crippen LogP contribution in [0.4, 0.5) is 5.00 Å². The van der Waals surface area contributed by atoms with Gasteiger partial charge in [0.1, 0.15) is 5.00 Å². The number of aryl methyl sites for hydroxylation is 1. The minimum atomic E-state index is -0.518. The number of carbonyl (C=O) groups is 2. The van der Waals surface area contributed by atoms with Crippen molar-refractivity contribution < 1.29 is 9.59 Å². The molecule has 3 aromatic heterocycles. The lowest BCUT2D eigenvalue weighted by atomic mass is 9.95. The van der Waals surface area contributed by atoms with E-state index in [9.17, 15) is 9.59 Å². The number of rotatable bonds is 3. The highest BCUT2D eigenvalue weighted by atomic mass is 35.5. The second-order valence-corrected chi connectivity index (χ2v) is 7.41. The maximum absolute atomic E-state index is 12.7. The molecule has 0 saturated heterocycles. The van der Waals surface area contributed by atoms with Crippen LogP contribution in [0.1, 0.15) is 44.1 Å². The highest BCUT2D eigenvalue weighted by Gasteiger charge is 2.26. The van der Waals surface area contributed by atoms with Crippen LogP contribution in [0.15, 0.2) is 24.4 Å². The van der Waals surface area contributed by atoms with Crippen molar-refractivity contribution in [1.82, 2.24) is 9.61 Å². The molecule has 0 unspecified atom stereocenters. The summed E-state index contributed by atoms with van der Waals surface area (Å²) in [6, 6.07) is 5.41. The molecule has 0 aliphatic heterocycles. The molecule has 1 aliphatic carbocycles. The van der Waals surface area contributed by atoms with Crippen LogP contribution >= 0.6 is 22.9 Å². The van der Waals surface area contributed by atoms with E-state index in [0.717, 1.165) is 36.1 Å². The molecule has 8 heteroatoms. The molecule has 128 valence electrons. The molecule has 0 spiro atoms. The first kappa shape index (κ1) is 16.1. The third-order valence-corrected chi connectivity index (χ3v) is 5.92. The zero-order valence-electron chi connectivity index (χ0n) is 13.2. The summed E-state index contributed by atoms with van der Waals surface area (Å²) in [5.41, 5.74) is 7.72. The van der Waals surface area contributed by atoms with Gasteiger partial charge in [-0.05, 0) is 43.4 Å². The minimum absolute atomic E-state index is 0.120. The van der Waals surface area contributed by atoms with E-state index in [4.69, 9.17) is 17.3 Å². The van der Waals surface area contributed by atoms with Crippen LogP contribution in [0.5, 0.6) is 0 Å². The third-order valence-electron chi connectivity index (χ3n) is 4.34. The van der Waals surface area contributed by atoms with Gasteiger partial charge < -0.3 is 11.1 Å². The molecule has 25 heavy (non-hydrogen) atoms. The largest absolute Gasteiger partial charge is 0.365 e. The van der Waals surface area contributed by atoms with Gasteiger partial charge in [-0.2, -0.15) is 5.10 Å². The van der Waals surface area contributed by atoms with Crippen LogP contribution < -0.4 is 11.1 Å². The smallest absolute Gasteiger partial charge is 0.278 e. The van der Waals surface area contributed by atoms with E-state index in [1.165, 1.54) is 11.3 Å². The van der Waals surface area contributed by atoms with Crippen LogP contribution in [0, 0.1) is 0 Å². The van der Waals surface area contributed by atoms with Crippen LogP contribution in [0.2, 0.25) is 5.02 Å². The number of primary amides is 1. The predicted octanol–water partition coefficient (Wildman–Crippen LogP) is 3.28. The Morgan fingerprint density at radius 2 is 2.08 bits per heavy atom. The van der Waals surface area contributed by atoms with E-state index >= 15 is 0 Å². The van der Waals surface area contributed by atoms with Gasteiger partial charge in [-0.1, -0.05) is 17.7 Å². The van der Waals surface area contributed by atoms with Crippen molar-refractivity contribution >= 4 is 45.3 Å². The van der Waals surface area contributed by atoms with E-state index in [1.54, 1.807) is 22.8 Å². The zero-order chi connectivity index (χ0) is 17.6. The Kier molecular flexibility index (Phi) is 3.97. The van der Waals surface area contributed by atoms with E-state index < -0.39 is 11.8 Å². The second kappa shape index (κ2) is 6.16. The molecule has 6 nitrogen and oxygen atoms in total. The summed E-state index contributed by atoms with van der Waals surface area (Å²) in [5, 5.41) is 7.77. The Morgan fingerprint density at radius 3 is 2.84 bits per heavy atom. The molecule has 0 saturated carbocycles. The van der Waals surface area contributed by atoms with E-state index in [0.29, 0.717) is 16.1 Å². The highest BCUT2D eigenvalue weighted by Crippen LogP contribution is 2.38. The van der Waals surface area contributed by atoms with Gasteiger partial charge in [0.2, 0.25) is 0 Å². The number of nitrogens with zero attached hydrogens (tertiary/aromatic N) is 2. The summed E-state index contributed by atoms with van der Waals surface area (Å²) >= 11 is 7.70. The van der Waals surface area contributed by atoms with Crippen LogP contribution in [-0.2, 0) is 12.8 Å². The van der Waals surface area contributed by atoms with E-state index in [-0.39, 0.29) is 10.7 Å². The second-order valence-electron chi connectivity index (χ2n) is 5.93. The molecule has 0 aromatic carbocycles. The number of anilines is 1. The van der Waals surface area contributed by atoms with Gasteiger partial charge in [-0.25, -0.2) is 4.52 Å². The average Bonchev–Trinajstić information content (AvgIpc) is 3.13. The molecule has 1 aliphatic rings. The summed E-state index contributed by atoms with van der Waals surface area (Å²) in [4.78, 5) is 25.7. The fourth-order valence-electron chi connectivity index (χ4n) is 3.19. The number of amides is 2. The lowest BCUT2D eigenvalue weighted by Gasteiger charge is -2.11. The van der Waals surface area contributed by atoms with E-state index in [1.807, 2.05) is 6.07 Å². The first-order valence-corrected chi connectivity index (χ1v) is 9.14. The Hall–Kier alpha value is -2.38. The monoisotopic (exact) mass is 374 g/mol. The van der Waals surface area contributed by atoms with Crippen molar-refractivity contribution in [3.63, 3.8) is 0 Å². The Balaban J connectivity index is 1.72. The Bertz CT molecular complexity index is 1010. The number of carbonyl (C=O) groups excluding carboxylic acids is 2.